The minimum Gasteiger partial charge on any atom is -0.320 e. The van der Waals surface area contributed by atoms with Crippen LogP contribution in [0.5, 0.6) is 0 Å². The number of aromatic nitrogens is 4. The summed E-state index contributed by atoms with van der Waals surface area (Å²) in [6, 6.07) is 3.70. The largest absolute Gasteiger partial charge is 1.00 e. The smallest absolute Gasteiger partial charge is 0.320 e. The third-order valence-corrected chi connectivity index (χ3v) is 3.09. The molecule has 1 aromatic heterocycles. The summed E-state index contributed by atoms with van der Waals surface area (Å²) >= 11 is 0. The second kappa shape index (κ2) is 6.27. The zero-order valence-corrected chi connectivity index (χ0v) is 13.8. The number of hydrogen-bond acceptors (Lipinski definition) is 4. The summed E-state index contributed by atoms with van der Waals surface area (Å²) in [6.07, 6.45) is 0. The molecule has 0 radical (unpaired) electrons. The van der Waals surface area contributed by atoms with Crippen LogP contribution < -0.4 is 29.6 Å². The Hall–Kier alpha value is -1.24. The molecule has 1 amide bonds. The zero-order valence-electron chi connectivity index (χ0n) is 11.8. The van der Waals surface area contributed by atoms with Gasteiger partial charge in [-0.3, -0.25) is 9.89 Å². The molecular formula is C12H14N5NaO. The minimum atomic E-state index is -0.325. The van der Waals surface area contributed by atoms with Gasteiger partial charge in [-0.1, -0.05) is 12.1 Å². The number of carbonyl (C=O) groups excluding carboxylic acids is 1. The van der Waals surface area contributed by atoms with Crippen LogP contribution in [0.3, 0.4) is 0 Å². The molecule has 2 aromatic rings. The Morgan fingerprint density at radius 3 is 2.47 bits per heavy atom. The number of benzene rings is 1. The number of amides is 1. The summed E-state index contributed by atoms with van der Waals surface area (Å²) in [5.74, 6) is -0.119. The van der Waals surface area contributed by atoms with E-state index in [2.05, 4.69) is 20.8 Å². The Kier molecular flexibility index (Phi) is 5.22. The molecule has 19 heavy (non-hydrogen) atoms. The molecule has 0 saturated heterocycles. The van der Waals surface area contributed by atoms with Crippen LogP contribution in [0, 0.1) is 20.8 Å². The summed E-state index contributed by atoms with van der Waals surface area (Å²) in [5, 5.41) is 14.6. The second-order valence-corrected chi connectivity index (χ2v) is 4.20. The monoisotopic (exact) mass is 267 g/mol. The van der Waals surface area contributed by atoms with Gasteiger partial charge in [0.2, 0.25) is 5.91 Å². The van der Waals surface area contributed by atoms with Crippen LogP contribution in [0.2, 0.25) is 0 Å². The average Bonchev–Trinajstić information content (AvgIpc) is 2.72. The molecule has 6 nitrogen and oxygen atoms in total. The first-order valence-electron chi connectivity index (χ1n) is 5.56. The van der Waals surface area contributed by atoms with E-state index in [-0.39, 0.29) is 41.4 Å². The summed E-state index contributed by atoms with van der Waals surface area (Å²) in [6.45, 7) is 5.92. The van der Waals surface area contributed by atoms with Gasteiger partial charge in [0, 0.05) is 5.56 Å². The van der Waals surface area contributed by atoms with Gasteiger partial charge in [-0.25, -0.2) is 0 Å². The molecule has 2 rings (SSSR count). The van der Waals surface area contributed by atoms with Gasteiger partial charge in [-0.05, 0) is 44.5 Å². The molecule has 0 spiro atoms. The third kappa shape index (κ3) is 3.20. The number of hydrogen-bond donors (Lipinski definition) is 0. The topological polar surface area (TPSA) is 74.8 Å². The fourth-order valence-electron chi connectivity index (χ4n) is 1.66. The first-order chi connectivity index (χ1) is 8.50. The maximum atomic E-state index is 12.1. The SMILES string of the molecule is Cc1ccc(C(=O)[N-]c2nnnn2C)c(C)c1C.[Na+]. The quantitative estimate of drug-likeness (QED) is 0.653. The molecule has 0 aliphatic carbocycles. The molecule has 7 heteroatoms. The Morgan fingerprint density at radius 2 is 1.89 bits per heavy atom. The second-order valence-electron chi connectivity index (χ2n) is 4.20. The van der Waals surface area contributed by atoms with Gasteiger partial charge in [0.1, 0.15) is 0 Å². The minimum absolute atomic E-state index is 0. The maximum Gasteiger partial charge on any atom is 1.00 e. The Balaban J connectivity index is 0.00000180. The van der Waals surface area contributed by atoms with Crippen molar-refractivity contribution in [3.8, 4) is 0 Å². The van der Waals surface area contributed by atoms with Crippen molar-refractivity contribution in [2.45, 2.75) is 20.8 Å². The van der Waals surface area contributed by atoms with E-state index in [4.69, 9.17) is 0 Å². The standard InChI is InChI=1S/C12H15N5O.Na/c1-7-5-6-10(9(3)8(7)2)11(18)13-12-14-15-16-17(12)4;/h5-6H,1-4H3,(H,13,14,16,18);/q;+1/p-1. The molecule has 0 aliphatic rings. The van der Waals surface area contributed by atoms with Crippen LogP contribution in [0.25, 0.3) is 5.32 Å². The Morgan fingerprint density at radius 1 is 1.21 bits per heavy atom. The van der Waals surface area contributed by atoms with Gasteiger partial charge in [0.05, 0.1) is 5.95 Å². The summed E-state index contributed by atoms with van der Waals surface area (Å²) in [7, 11) is 1.64. The van der Waals surface area contributed by atoms with E-state index in [0.29, 0.717) is 5.56 Å². The summed E-state index contributed by atoms with van der Waals surface area (Å²) in [5.41, 5.74) is 3.79. The molecule has 0 bridgehead atoms. The molecule has 0 fully saturated rings. The predicted octanol–water partition coefficient (Wildman–Crippen LogP) is -1.02. The molecule has 94 valence electrons. The molecule has 1 heterocycles. The van der Waals surface area contributed by atoms with Crippen molar-refractivity contribution in [1.29, 1.82) is 0 Å². The third-order valence-electron chi connectivity index (χ3n) is 3.09. The van der Waals surface area contributed by atoms with Gasteiger partial charge >= 0.3 is 29.6 Å². The number of carbonyl (C=O) groups is 1. The van der Waals surface area contributed by atoms with E-state index in [1.807, 2.05) is 26.8 Å². The van der Waals surface area contributed by atoms with E-state index in [1.54, 1.807) is 13.1 Å². The molecule has 0 saturated carbocycles. The number of nitrogens with zero attached hydrogens (tertiary/aromatic N) is 5. The van der Waals surface area contributed by atoms with Crippen LogP contribution in [-0.2, 0) is 7.05 Å². The molecule has 0 atom stereocenters. The van der Waals surface area contributed by atoms with Crippen molar-refractivity contribution in [3.63, 3.8) is 0 Å². The van der Waals surface area contributed by atoms with Crippen LogP contribution in [0.1, 0.15) is 27.0 Å². The van der Waals surface area contributed by atoms with Crippen LogP contribution in [-0.4, -0.2) is 26.1 Å². The summed E-state index contributed by atoms with van der Waals surface area (Å²) in [4.78, 5) is 12.1. The van der Waals surface area contributed by atoms with Crippen molar-refractivity contribution < 1.29 is 34.4 Å². The van der Waals surface area contributed by atoms with Crippen LogP contribution in [0.15, 0.2) is 12.1 Å². The van der Waals surface area contributed by atoms with E-state index < -0.39 is 0 Å². The van der Waals surface area contributed by atoms with Crippen molar-refractivity contribution in [1.82, 2.24) is 20.2 Å². The Labute approximate surface area is 133 Å². The Bertz CT molecular complexity index is 608. The zero-order chi connectivity index (χ0) is 13.3. The molecule has 0 unspecified atom stereocenters. The van der Waals surface area contributed by atoms with Crippen molar-refractivity contribution in [2.75, 3.05) is 0 Å². The van der Waals surface area contributed by atoms with Gasteiger partial charge in [0.25, 0.3) is 0 Å². The van der Waals surface area contributed by atoms with Crippen molar-refractivity contribution >= 4 is 11.9 Å². The molecule has 0 N–H and O–H groups in total. The van der Waals surface area contributed by atoms with Gasteiger partial charge in [-0.15, -0.1) is 10.4 Å². The van der Waals surface area contributed by atoms with E-state index >= 15 is 0 Å². The van der Waals surface area contributed by atoms with Gasteiger partial charge in [0.15, 0.2) is 0 Å². The van der Waals surface area contributed by atoms with Gasteiger partial charge in [-0.2, -0.15) is 0 Å². The molecular weight excluding hydrogens is 253 g/mol. The fraction of sp³-hybridized carbons (Fsp3) is 0.333. The van der Waals surface area contributed by atoms with Crippen molar-refractivity contribution in [2.24, 2.45) is 7.05 Å². The number of aryl methyl sites for hydroxylation is 2. The fourth-order valence-corrected chi connectivity index (χ4v) is 1.66. The number of rotatable bonds is 2. The molecule has 0 aliphatic heterocycles. The first-order valence-corrected chi connectivity index (χ1v) is 5.56. The normalized spacial score (nSPS) is 9.89. The van der Waals surface area contributed by atoms with E-state index in [1.165, 1.54) is 4.68 Å². The molecule has 1 aromatic carbocycles. The van der Waals surface area contributed by atoms with Crippen LogP contribution >= 0.6 is 0 Å². The van der Waals surface area contributed by atoms with E-state index in [0.717, 1.165) is 16.7 Å². The number of tetrazole rings is 1. The van der Waals surface area contributed by atoms with Crippen molar-refractivity contribution in [3.05, 3.63) is 39.7 Å². The summed E-state index contributed by atoms with van der Waals surface area (Å²) < 4.78 is 1.36. The van der Waals surface area contributed by atoms with E-state index in [9.17, 15) is 4.79 Å². The average molecular weight is 267 g/mol. The first kappa shape index (κ1) is 15.8. The van der Waals surface area contributed by atoms with Gasteiger partial charge < -0.3 is 10.00 Å². The predicted molar refractivity (Wildman–Crippen MR) is 66.8 cm³/mol. The van der Waals surface area contributed by atoms with Crippen LogP contribution in [0.4, 0.5) is 5.95 Å². The maximum absolute atomic E-state index is 12.1.